The quantitative estimate of drug-likeness (QED) is 0.908. The van der Waals surface area contributed by atoms with Crippen molar-refractivity contribution in [2.24, 2.45) is 11.7 Å². The first kappa shape index (κ1) is 16.5. The molecule has 0 aliphatic carbocycles. The Morgan fingerprint density at radius 1 is 1.43 bits per heavy atom. The number of rotatable bonds is 3. The Morgan fingerprint density at radius 3 is 2.86 bits per heavy atom. The van der Waals surface area contributed by atoms with Gasteiger partial charge in [-0.2, -0.15) is 4.31 Å². The first-order valence-corrected chi connectivity index (χ1v) is 8.44. The number of sulfonamides is 1. The molecule has 2 N–H and O–H groups in total. The molecule has 2 atom stereocenters. The number of hydrogen-bond donors (Lipinski definition) is 1. The molecule has 0 radical (unpaired) electrons. The molecule has 7 heteroatoms. The van der Waals surface area contributed by atoms with Gasteiger partial charge < -0.3 is 10.5 Å². The summed E-state index contributed by atoms with van der Waals surface area (Å²) in [6.45, 7) is 3.64. The van der Waals surface area contributed by atoms with Crippen molar-refractivity contribution in [1.29, 1.82) is 0 Å². The van der Waals surface area contributed by atoms with Gasteiger partial charge in [-0.05, 0) is 49.6 Å². The van der Waals surface area contributed by atoms with Crippen LogP contribution in [0.2, 0.25) is 0 Å². The minimum absolute atomic E-state index is 0. The lowest BCUT2D eigenvalue weighted by Gasteiger charge is -2.21. The predicted octanol–water partition coefficient (Wildman–Crippen LogP) is 1.40. The summed E-state index contributed by atoms with van der Waals surface area (Å²) in [5, 5.41) is 0. The minimum Gasteiger partial charge on any atom is -0.493 e. The molecule has 5 nitrogen and oxygen atoms in total. The summed E-state index contributed by atoms with van der Waals surface area (Å²) in [5.74, 6) is 1.07. The standard InChI is InChI=1S/C14H20N2O3S.ClH/c1-10-6-11(8-15)9-16(10)20(17,18)13-2-3-14-12(7-13)4-5-19-14;/h2-3,7,10-11H,4-6,8-9,15H2,1H3;1H. The van der Waals surface area contributed by atoms with E-state index in [2.05, 4.69) is 0 Å². The third-order valence-corrected chi connectivity index (χ3v) is 6.18. The molecule has 0 bridgehead atoms. The van der Waals surface area contributed by atoms with Gasteiger partial charge in [0.05, 0.1) is 11.5 Å². The predicted molar refractivity (Wildman–Crippen MR) is 83.4 cm³/mol. The van der Waals surface area contributed by atoms with E-state index in [1.165, 1.54) is 0 Å². The van der Waals surface area contributed by atoms with Gasteiger partial charge in [0.1, 0.15) is 5.75 Å². The Bertz CT molecular complexity index is 621. The van der Waals surface area contributed by atoms with Crippen LogP contribution in [-0.4, -0.2) is 38.5 Å². The van der Waals surface area contributed by atoms with Crippen molar-refractivity contribution in [1.82, 2.24) is 4.31 Å². The summed E-state index contributed by atoms with van der Waals surface area (Å²) in [4.78, 5) is 0.367. The van der Waals surface area contributed by atoms with Crippen LogP contribution in [0.5, 0.6) is 5.75 Å². The normalized spacial score (nSPS) is 25.2. The molecular formula is C14H21ClN2O3S. The molecule has 2 aliphatic heterocycles. The third-order valence-electron chi connectivity index (χ3n) is 4.21. The summed E-state index contributed by atoms with van der Waals surface area (Å²) < 4.78 is 32.5. The zero-order chi connectivity index (χ0) is 14.3. The second kappa shape index (κ2) is 6.12. The lowest BCUT2D eigenvalue weighted by Crippen LogP contribution is -2.34. The Kier molecular flexibility index (Phi) is 4.82. The molecule has 0 amide bonds. The van der Waals surface area contributed by atoms with Crippen molar-refractivity contribution in [3.8, 4) is 5.75 Å². The van der Waals surface area contributed by atoms with Gasteiger partial charge in [-0.3, -0.25) is 0 Å². The van der Waals surface area contributed by atoms with Gasteiger partial charge in [0.25, 0.3) is 0 Å². The van der Waals surface area contributed by atoms with Crippen molar-refractivity contribution >= 4 is 22.4 Å². The summed E-state index contributed by atoms with van der Waals surface area (Å²) in [7, 11) is -3.43. The van der Waals surface area contributed by atoms with E-state index in [4.69, 9.17) is 10.5 Å². The molecule has 1 saturated heterocycles. The van der Waals surface area contributed by atoms with Crippen LogP contribution in [0.15, 0.2) is 23.1 Å². The number of fused-ring (bicyclic) bond motifs is 1. The van der Waals surface area contributed by atoms with Crippen molar-refractivity contribution in [2.75, 3.05) is 19.7 Å². The van der Waals surface area contributed by atoms with Gasteiger partial charge in [-0.25, -0.2) is 8.42 Å². The molecular weight excluding hydrogens is 312 g/mol. The molecule has 2 aliphatic rings. The maximum atomic E-state index is 12.8. The molecule has 21 heavy (non-hydrogen) atoms. The zero-order valence-electron chi connectivity index (χ0n) is 12.0. The number of nitrogens with zero attached hydrogens (tertiary/aromatic N) is 1. The minimum atomic E-state index is -3.43. The molecule has 0 spiro atoms. The van der Waals surface area contributed by atoms with E-state index in [-0.39, 0.29) is 24.4 Å². The summed E-state index contributed by atoms with van der Waals surface area (Å²) in [6.07, 6.45) is 1.61. The SMILES string of the molecule is CC1CC(CN)CN1S(=O)(=O)c1ccc2c(c1)CCO2.Cl. The summed E-state index contributed by atoms with van der Waals surface area (Å²) in [5.41, 5.74) is 6.66. The molecule has 2 heterocycles. The van der Waals surface area contributed by atoms with E-state index < -0.39 is 10.0 Å². The van der Waals surface area contributed by atoms with E-state index >= 15 is 0 Å². The van der Waals surface area contributed by atoms with Crippen molar-refractivity contribution < 1.29 is 13.2 Å². The maximum Gasteiger partial charge on any atom is 0.243 e. The van der Waals surface area contributed by atoms with Gasteiger partial charge in [-0.15, -0.1) is 12.4 Å². The Morgan fingerprint density at radius 2 is 2.19 bits per heavy atom. The zero-order valence-corrected chi connectivity index (χ0v) is 13.6. The highest BCUT2D eigenvalue weighted by atomic mass is 35.5. The second-order valence-corrected chi connectivity index (χ2v) is 7.52. The monoisotopic (exact) mass is 332 g/mol. The molecule has 1 fully saturated rings. The first-order valence-electron chi connectivity index (χ1n) is 7.00. The fourth-order valence-corrected chi connectivity index (χ4v) is 4.84. The summed E-state index contributed by atoms with van der Waals surface area (Å²) in [6, 6.07) is 5.16. The van der Waals surface area contributed by atoms with E-state index in [1.54, 1.807) is 22.5 Å². The fourth-order valence-electron chi connectivity index (χ4n) is 3.07. The van der Waals surface area contributed by atoms with E-state index in [9.17, 15) is 8.42 Å². The Labute approximate surface area is 131 Å². The van der Waals surface area contributed by atoms with E-state index in [1.807, 2.05) is 6.92 Å². The molecule has 0 aromatic heterocycles. The van der Waals surface area contributed by atoms with Gasteiger partial charge >= 0.3 is 0 Å². The average Bonchev–Trinajstić information content (AvgIpc) is 3.03. The van der Waals surface area contributed by atoms with Crippen LogP contribution in [0, 0.1) is 5.92 Å². The molecule has 2 unspecified atom stereocenters. The Balaban J connectivity index is 0.00000161. The average molecular weight is 333 g/mol. The van der Waals surface area contributed by atoms with Crippen LogP contribution in [0.1, 0.15) is 18.9 Å². The van der Waals surface area contributed by atoms with Crippen molar-refractivity contribution in [3.63, 3.8) is 0 Å². The van der Waals surface area contributed by atoms with Crippen LogP contribution < -0.4 is 10.5 Å². The number of nitrogens with two attached hydrogens (primary N) is 1. The van der Waals surface area contributed by atoms with E-state index in [0.29, 0.717) is 24.6 Å². The van der Waals surface area contributed by atoms with Crippen LogP contribution in [-0.2, 0) is 16.4 Å². The van der Waals surface area contributed by atoms with Gasteiger partial charge in [0.15, 0.2) is 0 Å². The van der Waals surface area contributed by atoms with Crippen molar-refractivity contribution in [3.05, 3.63) is 23.8 Å². The van der Waals surface area contributed by atoms with E-state index in [0.717, 1.165) is 24.2 Å². The lowest BCUT2D eigenvalue weighted by molar-refractivity contribution is 0.356. The highest BCUT2D eigenvalue weighted by Gasteiger charge is 2.37. The Hall–Kier alpha value is -0.820. The summed E-state index contributed by atoms with van der Waals surface area (Å²) >= 11 is 0. The number of ether oxygens (including phenoxy) is 1. The van der Waals surface area contributed by atoms with Crippen LogP contribution in [0.3, 0.4) is 0 Å². The molecule has 3 rings (SSSR count). The number of benzene rings is 1. The topological polar surface area (TPSA) is 72.6 Å². The van der Waals surface area contributed by atoms with Crippen LogP contribution in [0.25, 0.3) is 0 Å². The van der Waals surface area contributed by atoms with Crippen molar-refractivity contribution in [2.45, 2.75) is 30.7 Å². The fraction of sp³-hybridized carbons (Fsp3) is 0.571. The highest BCUT2D eigenvalue weighted by molar-refractivity contribution is 7.89. The number of hydrogen-bond acceptors (Lipinski definition) is 4. The highest BCUT2D eigenvalue weighted by Crippen LogP contribution is 2.32. The largest absolute Gasteiger partial charge is 0.493 e. The van der Waals surface area contributed by atoms with Gasteiger partial charge in [0, 0.05) is 19.0 Å². The molecule has 0 saturated carbocycles. The van der Waals surface area contributed by atoms with Crippen LogP contribution in [0.4, 0.5) is 0 Å². The third kappa shape index (κ3) is 2.90. The van der Waals surface area contributed by atoms with Crippen LogP contribution >= 0.6 is 12.4 Å². The molecule has 1 aromatic carbocycles. The smallest absolute Gasteiger partial charge is 0.243 e. The van der Waals surface area contributed by atoms with Gasteiger partial charge in [-0.1, -0.05) is 0 Å². The first-order chi connectivity index (χ1) is 9.52. The number of halogens is 1. The lowest BCUT2D eigenvalue weighted by atomic mass is 10.1. The van der Waals surface area contributed by atoms with Gasteiger partial charge in [0.2, 0.25) is 10.0 Å². The second-order valence-electron chi connectivity index (χ2n) is 5.63. The maximum absolute atomic E-state index is 12.8. The molecule has 118 valence electrons. The molecule has 1 aromatic rings.